The number of fused-ring (bicyclic) bond motifs is 1. The van der Waals surface area contributed by atoms with E-state index in [1.165, 1.54) is 5.56 Å². The molecule has 2 aromatic rings. The van der Waals surface area contributed by atoms with Crippen LogP contribution in [0, 0.1) is 5.92 Å². The zero-order valence-electron chi connectivity index (χ0n) is 17.5. The van der Waals surface area contributed by atoms with E-state index in [0.29, 0.717) is 30.5 Å². The van der Waals surface area contributed by atoms with Crippen LogP contribution in [0.4, 0.5) is 10.5 Å². The Morgan fingerprint density at radius 1 is 0.935 bits per heavy atom. The Balaban J connectivity index is 1.13. The van der Waals surface area contributed by atoms with Gasteiger partial charge in [0.2, 0.25) is 12.7 Å². The number of rotatable bonds is 5. The number of hydrogen-bond donors (Lipinski definition) is 0. The number of anilines is 1. The van der Waals surface area contributed by atoms with Crippen LogP contribution in [0.15, 0.2) is 48.5 Å². The summed E-state index contributed by atoms with van der Waals surface area (Å²) < 4.78 is 10.8. The third-order valence-electron chi connectivity index (χ3n) is 6.42. The highest BCUT2D eigenvalue weighted by molar-refractivity contribution is 5.96. The first kappa shape index (κ1) is 19.7. The van der Waals surface area contributed by atoms with E-state index >= 15 is 0 Å². The summed E-state index contributed by atoms with van der Waals surface area (Å²) in [5.74, 6) is 2.00. The van der Waals surface area contributed by atoms with Crippen molar-refractivity contribution in [3.63, 3.8) is 0 Å². The van der Waals surface area contributed by atoms with Crippen LogP contribution >= 0.6 is 0 Å². The maximum Gasteiger partial charge on any atom is 0.325 e. The fourth-order valence-corrected chi connectivity index (χ4v) is 4.62. The van der Waals surface area contributed by atoms with E-state index < -0.39 is 0 Å². The van der Waals surface area contributed by atoms with Gasteiger partial charge in [-0.25, -0.2) is 4.79 Å². The lowest BCUT2D eigenvalue weighted by molar-refractivity contribution is -0.133. The maximum absolute atomic E-state index is 12.9. The molecule has 0 N–H and O–H groups in total. The predicted octanol–water partition coefficient (Wildman–Crippen LogP) is 3.14. The van der Waals surface area contributed by atoms with Gasteiger partial charge in [-0.1, -0.05) is 30.3 Å². The number of amides is 3. The van der Waals surface area contributed by atoms with Crippen molar-refractivity contribution in [1.82, 2.24) is 9.80 Å². The molecular weight excluding hydrogens is 394 g/mol. The van der Waals surface area contributed by atoms with Crippen LogP contribution in [0.25, 0.3) is 0 Å². The molecule has 2 aromatic carbocycles. The molecule has 0 aliphatic carbocycles. The highest BCUT2D eigenvalue weighted by atomic mass is 16.7. The van der Waals surface area contributed by atoms with Gasteiger partial charge in [-0.05, 0) is 42.9 Å². The first-order chi connectivity index (χ1) is 15.2. The van der Waals surface area contributed by atoms with Crippen molar-refractivity contribution in [3.8, 4) is 11.5 Å². The van der Waals surface area contributed by atoms with E-state index in [1.807, 2.05) is 29.2 Å². The van der Waals surface area contributed by atoms with Gasteiger partial charge in [0.25, 0.3) is 0 Å². The van der Waals surface area contributed by atoms with Crippen molar-refractivity contribution in [2.75, 3.05) is 44.4 Å². The van der Waals surface area contributed by atoms with Gasteiger partial charge in [0, 0.05) is 37.9 Å². The lowest BCUT2D eigenvalue weighted by Gasteiger charge is -2.33. The number of likely N-dealkylation sites (tertiary alicyclic amines) is 1. The quantitative estimate of drug-likeness (QED) is 0.744. The van der Waals surface area contributed by atoms with Gasteiger partial charge in [-0.2, -0.15) is 0 Å². The Labute approximate surface area is 182 Å². The van der Waals surface area contributed by atoms with Crippen molar-refractivity contribution < 1.29 is 19.1 Å². The van der Waals surface area contributed by atoms with Crippen molar-refractivity contribution in [2.45, 2.75) is 19.3 Å². The SMILES string of the molecule is O=C(CN1CCN(c2ccc3c(c2)OCO3)C1=O)N1CCC(Cc2ccccc2)CC1. The van der Waals surface area contributed by atoms with Crippen LogP contribution in [0.3, 0.4) is 0 Å². The van der Waals surface area contributed by atoms with E-state index in [4.69, 9.17) is 9.47 Å². The average molecular weight is 421 g/mol. The Hall–Kier alpha value is -3.22. The summed E-state index contributed by atoms with van der Waals surface area (Å²) in [7, 11) is 0. The molecule has 0 bridgehead atoms. The fourth-order valence-electron chi connectivity index (χ4n) is 4.62. The van der Waals surface area contributed by atoms with Gasteiger partial charge < -0.3 is 19.3 Å². The molecule has 162 valence electrons. The van der Waals surface area contributed by atoms with Gasteiger partial charge in [-0.3, -0.25) is 9.69 Å². The zero-order chi connectivity index (χ0) is 21.2. The lowest BCUT2D eigenvalue weighted by atomic mass is 9.90. The molecule has 2 saturated heterocycles. The van der Waals surface area contributed by atoms with E-state index in [-0.39, 0.29) is 25.3 Å². The highest BCUT2D eigenvalue weighted by Crippen LogP contribution is 2.36. The van der Waals surface area contributed by atoms with Gasteiger partial charge >= 0.3 is 6.03 Å². The van der Waals surface area contributed by atoms with Gasteiger partial charge in [0.15, 0.2) is 11.5 Å². The molecule has 3 aliphatic heterocycles. The number of ether oxygens (including phenoxy) is 2. The minimum atomic E-state index is -0.133. The van der Waals surface area contributed by atoms with Crippen LogP contribution in [0.2, 0.25) is 0 Å². The van der Waals surface area contributed by atoms with Crippen molar-refractivity contribution in [2.24, 2.45) is 5.92 Å². The van der Waals surface area contributed by atoms with Crippen molar-refractivity contribution in [3.05, 3.63) is 54.1 Å². The van der Waals surface area contributed by atoms with E-state index in [9.17, 15) is 9.59 Å². The van der Waals surface area contributed by atoms with Crippen LogP contribution in [-0.2, 0) is 11.2 Å². The number of piperidine rings is 1. The highest BCUT2D eigenvalue weighted by Gasteiger charge is 2.33. The number of carbonyl (C=O) groups excluding carboxylic acids is 2. The second kappa shape index (κ2) is 8.49. The summed E-state index contributed by atoms with van der Waals surface area (Å²) >= 11 is 0. The molecule has 0 atom stereocenters. The number of carbonyl (C=O) groups is 2. The Bertz CT molecular complexity index is 957. The largest absolute Gasteiger partial charge is 0.454 e. The van der Waals surface area contributed by atoms with Crippen molar-refractivity contribution in [1.29, 1.82) is 0 Å². The molecule has 0 radical (unpaired) electrons. The molecule has 3 heterocycles. The zero-order valence-corrected chi connectivity index (χ0v) is 17.5. The minimum absolute atomic E-state index is 0.0408. The predicted molar refractivity (Wildman–Crippen MR) is 116 cm³/mol. The summed E-state index contributed by atoms with van der Waals surface area (Å²) in [5.41, 5.74) is 2.13. The number of nitrogens with zero attached hydrogens (tertiary/aromatic N) is 3. The van der Waals surface area contributed by atoms with E-state index in [1.54, 1.807) is 9.80 Å². The molecule has 7 nitrogen and oxygen atoms in total. The normalized spacial score (nSPS) is 18.7. The number of benzene rings is 2. The first-order valence-electron chi connectivity index (χ1n) is 10.9. The summed E-state index contributed by atoms with van der Waals surface area (Å²) in [4.78, 5) is 31.0. The van der Waals surface area contributed by atoms with Crippen LogP contribution in [0.1, 0.15) is 18.4 Å². The standard InChI is InChI=1S/C24H27N3O4/c28-23(25-10-8-19(9-11-25)14-18-4-2-1-3-5-18)16-26-12-13-27(24(26)29)20-6-7-21-22(15-20)31-17-30-21/h1-7,15,19H,8-14,16-17H2. The topological polar surface area (TPSA) is 62.3 Å². The van der Waals surface area contributed by atoms with Gasteiger partial charge in [0.05, 0.1) is 0 Å². The van der Waals surface area contributed by atoms with E-state index in [2.05, 4.69) is 24.3 Å². The minimum Gasteiger partial charge on any atom is -0.454 e. The summed E-state index contributed by atoms with van der Waals surface area (Å²) in [5, 5.41) is 0. The molecule has 3 amide bonds. The lowest BCUT2D eigenvalue weighted by Crippen LogP contribution is -2.45. The third-order valence-corrected chi connectivity index (χ3v) is 6.42. The molecule has 5 rings (SSSR count). The average Bonchev–Trinajstić information content (AvgIpc) is 3.41. The van der Waals surface area contributed by atoms with Gasteiger partial charge in [0.1, 0.15) is 6.54 Å². The Kier molecular flexibility index (Phi) is 5.40. The summed E-state index contributed by atoms with van der Waals surface area (Å²) in [6.07, 6.45) is 3.09. The Morgan fingerprint density at radius 2 is 1.71 bits per heavy atom. The van der Waals surface area contributed by atoms with Crippen LogP contribution in [-0.4, -0.2) is 61.3 Å². The monoisotopic (exact) mass is 421 g/mol. The molecule has 2 fully saturated rings. The fraction of sp³-hybridized carbons (Fsp3) is 0.417. The molecule has 0 unspecified atom stereocenters. The Morgan fingerprint density at radius 3 is 2.52 bits per heavy atom. The van der Waals surface area contributed by atoms with Crippen LogP contribution < -0.4 is 14.4 Å². The van der Waals surface area contributed by atoms with Crippen molar-refractivity contribution >= 4 is 17.6 Å². The summed E-state index contributed by atoms with van der Waals surface area (Å²) in [6.45, 7) is 2.99. The van der Waals surface area contributed by atoms with E-state index in [0.717, 1.165) is 38.0 Å². The molecule has 31 heavy (non-hydrogen) atoms. The number of hydrogen-bond acceptors (Lipinski definition) is 4. The van der Waals surface area contributed by atoms with Crippen LogP contribution in [0.5, 0.6) is 11.5 Å². The first-order valence-corrected chi connectivity index (χ1v) is 10.9. The smallest absolute Gasteiger partial charge is 0.325 e. The molecule has 0 saturated carbocycles. The second-order valence-corrected chi connectivity index (χ2v) is 8.41. The second-order valence-electron chi connectivity index (χ2n) is 8.41. The molecular formula is C24H27N3O4. The third kappa shape index (κ3) is 4.17. The number of urea groups is 1. The molecule has 0 aromatic heterocycles. The van der Waals surface area contributed by atoms with Gasteiger partial charge in [-0.15, -0.1) is 0 Å². The molecule has 0 spiro atoms. The molecule has 7 heteroatoms. The maximum atomic E-state index is 12.9. The molecule has 3 aliphatic rings. The summed E-state index contributed by atoms with van der Waals surface area (Å²) in [6, 6.07) is 15.9.